The fraction of sp³-hybridized carbons (Fsp3) is 0.292. The molecule has 0 saturated carbocycles. The van der Waals surface area contributed by atoms with Crippen molar-refractivity contribution in [3.8, 4) is 17.1 Å². The van der Waals surface area contributed by atoms with E-state index in [1.165, 1.54) is 0 Å². The lowest BCUT2D eigenvalue weighted by atomic mass is 10.0. The van der Waals surface area contributed by atoms with Gasteiger partial charge in [0.05, 0.1) is 11.6 Å². The molecule has 0 saturated heterocycles. The van der Waals surface area contributed by atoms with Gasteiger partial charge in [0, 0.05) is 59.0 Å². The summed E-state index contributed by atoms with van der Waals surface area (Å²) in [6.07, 6.45) is 2.62. The molecule has 0 amide bonds. The molecule has 1 unspecified atom stereocenters. The molecule has 0 spiro atoms. The van der Waals surface area contributed by atoms with Crippen molar-refractivity contribution in [1.29, 1.82) is 0 Å². The van der Waals surface area contributed by atoms with Crippen LogP contribution >= 0.6 is 23.2 Å². The first-order valence-corrected chi connectivity index (χ1v) is 11.1. The molecule has 1 N–H and O–H groups in total. The first-order valence-electron chi connectivity index (χ1n) is 10.4. The maximum atomic E-state index is 11.1. The molecule has 2 heterocycles. The van der Waals surface area contributed by atoms with Gasteiger partial charge >= 0.3 is 5.97 Å². The highest BCUT2D eigenvalue weighted by molar-refractivity contribution is 6.35. The van der Waals surface area contributed by atoms with Crippen LogP contribution in [0.1, 0.15) is 23.7 Å². The van der Waals surface area contributed by atoms with Crippen LogP contribution in [0.2, 0.25) is 10.0 Å². The van der Waals surface area contributed by atoms with Crippen LogP contribution in [0.3, 0.4) is 0 Å². The average Bonchev–Trinajstić information content (AvgIpc) is 2.79. The number of hydrogen-bond donors (Lipinski definition) is 1. The summed E-state index contributed by atoms with van der Waals surface area (Å²) >= 11 is 12.4. The molecular weight excluding hydrogens is 449 g/mol. The summed E-state index contributed by atoms with van der Waals surface area (Å²) in [6, 6.07) is 13.0. The Morgan fingerprint density at radius 2 is 1.91 bits per heavy atom. The molecule has 6 nitrogen and oxygen atoms in total. The van der Waals surface area contributed by atoms with Crippen molar-refractivity contribution in [3.05, 3.63) is 75.5 Å². The Bertz CT molecular complexity index is 1100. The van der Waals surface area contributed by atoms with Gasteiger partial charge in [-0.25, -0.2) is 9.97 Å². The standard InChI is InChI=1S/C24H23Cl2N3O3/c1-15(24(30)31)12-29-10-9-22-17(13-29)11-27-23(28-22)16-5-7-18(8-6-16)32-14-19-20(25)3-2-4-21(19)26/h2-8,11,15H,9-10,12-14H2,1H3,(H,30,31). The number of benzene rings is 2. The lowest BCUT2D eigenvalue weighted by Gasteiger charge is -2.29. The highest BCUT2D eigenvalue weighted by Gasteiger charge is 2.22. The third-order valence-electron chi connectivity index (χ3n) is 5.52. The maximum Gasteiger partial charge on any atom is 0.307 e. The highest BCUT2D eigenvalue weighted by atomic mass is 35.5. The van der Waals surface area contributed by atoms with Crippen LogP contribution in [-0.2, 0) is 24.4 Å². The molecule has 1 aromatic heterocycles. The van der Waals surface area contributed by atoms with Gasteiger partial charge in [0.25, 0.3) is 0 Å². The van der Waals surface area contributed by atoms with Crippen molar-refractivity contribution >= 4 is 29.2 Å². The van der Waals surface area contributed by atoms with Crippen molar-refractivity contribution < 1.29 is 14.6 Å². The van der Waals surface area contributed by atoms with Gasteiger partial charge in [-0.2, -0.15) is 0 Å². The SMILES string of the molecule is CC(CN1CCc2nc(-c3ccc(OCc4c(Cl)cccc4Cl)cc3)ncc2C1)C(=O)O. The number of nitrogens with zero attached hydrogens (tertiary/aromatic N) is 3. The number of rotatable bonds is 7. The number of hydrogen-bond acceptors (Lipinski definition) is 5. The number of carboxylic acid groups (broad SMARTS) is 1. The van der Waals surface area contributed by atoms with E-state index in [1.807, 2.05) is 30.5 Å². The summed E-state index contributed by atoms with van der Waals surface area (Å²) in [6.45, 7) is 4.00. The van der Waals surface area contributed by atoms with E-state index < -0.39 is 11.9 Å². The van der Waals surface area contributed by atoms with E-state index in [2.05, 4.69) is 9.88 Å². The van der Waals surface area contributed by atoms with Crippen LogP contribution in [0.4, 0.5) is 0 Å². The lowest BCUT2D eigenvalue weighted by molar-refractivity contribution is -0.141. The van der Waals surface area contributed by atoms with Gasteiger partial charge in [0.1, 0.15) is 12.4 Å². The second-order valence-corrected chi connectivity index (χ2v) is 8.72. The summed E-state index contributed by atoms with van der Waals surface area (Å²) in [5.74, 6) is 0.193. The zero-order valence-corrected chi connectivity index (χ0v) is 19.1. The molecule has 8 heteroatoms. The van der Waals surface area contributed by atoms with Gasteiger partial charge in [-0.15, -0.1) is 0 Å². The molecule has 1 aliphatic heterocycles. The van der Waals surface area contributed by atoms with Gasteiger partial charge < -0.3 is 9.84 Å². The number of aliphatic carboxylic acids is 1. The van der Waals surface area contributed by atoms with Crippen LogP contribution < -0.4 is 4.74 Å². The highest BCUT2D eigenvalue weighted by Crippen LogP contribution is 2.27. The Morgan fingerprint density at radius 3 is 2.59 bits per heavy atom. The van der Waals surface area contributed by atoms with Crippen LogP contribution in [-0.4, -0.2) is 39.0 Å². The Morgan fingerprint density at radius 1 is 1.19 bits per heavy atom. The molecular formula is C24H23Cl2N3O3. The zero-order valence-electron chi connectivity index (χ0n) is 17.6. The quantitative estimate of drug-likeness (QED) is 0.515. The average molecular weight is 472 g/mol. The van der Waals surface area contributed by atoms with E-state index in [4.69, 9.17) is 38.0 Å². The summed E-state index contributed by atoms with van der Waals surface area (Å²) in [4.78, 5) is 22.5. The molecule has 0 radical (unpaired) electrons. The number of halogens is 2. The molecule has 4 rings (SSSR count). The minimum atomic E-state index is -0.773. The fourth-order valence-electron chi connectivity index (χ4n) is 3.66. The van der Waals surface area contributed by atoms with E-state index in [0.717, 1.165) is 35.3 Å². The number of carboxylic acids is 1. The van der Waals surface area contributed by atoms with E-state index in [0.29, 0.717) is 34.7 Å². The Kier molecular flexibility index (Phi) is 6.94. The van der Waals surface area contributed by atoms with Crippen molar-refractivity contribution in [1.82, 2.24) is 14.9 Å². The molecule has 1 aliphatic rings. The minimum Gasteiger partial charge on any atom is -0.489 e. The number of carbonyl (C=O) groups is 1. The second kappa shape index (κ2) is 9.86. The van der Waals surface area contributed by atoms with Crippen LogP contribution in [0.25, 0.3) is 11.4 Å². The van der Waals surface area contributed by atoms with Crippen LogP contribution in [0.5, 0.6) is 5.75 Å². The van der Waals surface area contributed by atoms with Crippen molar-refractivity contribution in [2.75, 3.05) is 13.1 Å². The topological polar surface area (TPSA) is 75.5 Å². The fourth-order valence-corrected chi connectivity index (χ4v) is 4.17. The first-order chi connectivity index (χ1) is 15.4. The third-order valence-corrected chi connectivity index (χ3v) is 6.23. The molecule has 3 aromatic rings. The predicted octanol–water partition coefficient (Wildman–Crippen LogP) is 5.11. The van der Waals surface area contributed by atoms with Gasteiger partial charge in [0.15, 0.2) is 5.82 Å². The smallest absolute Gasteiger partial charge is 0.307 e. The Balaban J connectivity index is 1.41. The summed E-state index contributed by atoms with van der Waals surface area (Å²) in [5, 5.41) is 10.3. The second-order valence-electron chi connectivity index (χ2n) is 7.90. The van der Waals surface area contributed by atoms with Gasteiger partial charge in [-0.1, -0.05) is 36.2 Å². The Labute approximate surface area is 196 Å². The molecule has 2 aromatic carbocycles. The number of ether oxygens (including phenoxy) is 1. The van der Waals surface area contributed by atoms with Gasteiger partial charge in [-0.3, -0.25) is 9.69 Å². The molecule has 0 fully saturated rings. The lowest BCUT2D eigenvalue weighted by Crippen LogP contribution is -2.36. The summed E-state index contributed by atoms with van der Waals surface area (Å²) in [7, 11) is 0. The molecule has 0 aliphatic carbocycles. The van der Waals surface area contributed by atoms with E-state index in [-0.39, 0.29) is 6.61 Å². The van der Waals surface area contributed by atoms with Crippen molar-refractivity contribution in [2.24, 2.45) is 5.92 Å². The maximum absolute atomic E-state index is 11.1. The van der Waals surface area contributed by atoms with Crippen LogP contribution in [0, 0.1) is 5.92 Å². The summed E-state index contributed by atoms with van der Waals surface area (Å²) in [5.41, 5.74) is 3.72. The minimum absolute atomic E-state index is 0.282. The molecule has 1 atom stereocenters. The number of fused-ring (bicyclic) bond motifs is 1. The third kappa shape index (κ3) is 5.21. The first kappa shape index (κ1) is 22.5. The monoisotopic (exact) mass is 471 g/mol. The summed E-state index contributed by atoms with van der Waals surface area (Å²) < 4.78 is 5.84. The Hall–Kier alpha value is -2.67. The van der Waals surface area contributed by atoms with Crippen molar-refractivity contribution in [2.45, 2.75) is 26.5 Å². The van der Waals surface area contributed by atoms with Crippen LogP contribution in [0.15, 0.2) is 48.7 Å². The molecule has 166 valence electrons. The number of aromatic nitrogens is 2. The van der Waals surface area contributed by atoms with E-state index in [9.17, 15) is 4.79 Å². The molecule has 32 heavy (non-hydrogen) atoms. The van der Waals surface area contributed by atoms with Gasteiger partial charge in [-0.05, 0) is 36.4 Å². The molecule has 0 bridgehead atoms. The van der Waals surface area contributed by atoms with Crippen molar-refractivity contribution in [3.63, 3.8) is 0 Å². The zero-order chi connectivity index (χ0) is 22.7. The van der Waals surface area contributed by atoms with E-state index in [1.54, 1.807) is 25.1 Å². The predicted molar refractivity (Wildman–Crippen MR) is 124 cm³/mol. The normalized spacial score (nSPS) is 14.6. The van der Waals surface area contributed by atoms with Gasteiger partial charge in [0.2, 0.25) is 0 Å². The largest absolute Gasteiger partial charge is 0.489 e. The van der Waals surface area contributed by atoms with E-state index >= 15 is 0 Å².